The molecule has 0 saturated carbocycles. The van der Waals surface area contributed by atoms with Crippen LogP contribution in [0, 0.1) is 17.7 Å². The Kier molecular flexibility index (Phi) is 5.53. The van der Waals surface area contributed by atoms with E-state index in [1.54, 1.807) is 11.0 Å². The Morgan fingerprint density at radius 1 is 1.47 bits per heavy atom. The van der Waals surface area contributed by atoms with E-state index in [0.29, 0.717) is 12.1 Å². The van der Waals surface area contributed by atoms with Gasteiger partial charge in [0, 0.05) is 18.2 Å². The lowest BCUT2D eigenvalue weighted by Crippen LogP contribution is -2.37. The third-order valence-corrected chi connectivity index (χ3v) is 2.76. The summed E-state index contributed by atoms with van der Waals surface area (Å²) < 4.78 is 13.9. The van der Waals surface area contributed by atoms with Crippen molar-refractivity contribution in [3.8, 4) is 11.8 Å². The van der Waals surface area contributed by atoms with Gasteiger partial charge in [0.15, 0.2) is 0 Å². The summed E-state index contributed by atoms with van der Waals surface area (Å²) in [7, 11) is 0. The maximum atomic E-state index is 13.9. The van der Waals surface area contributed by atoms with Crippen LogP contribution in [0.25, 0.3) is 0 Å². The zero-order valence-corrected chi connectivity index (χ0v) is 11.5. The van der Waals surface area contributed by atoms with E-state index in [9.17, 15) is 9.18 Å². The molecule has 1 amide bonds. The molecule has 0 spiro atoms. The molecular formula is C15H19FN2O. The first-order valence-corrected chi connectivity index (χ1v) is 6.30. The second-order valence-electron chi connectivity index (χ2n) is 4.39. The normalized spacial score (nSPS) is 10.0. The maximum Gasteiger partial charge on any atom is 0.257 e. The predicted octanol–water partition coefficient (Wildman–Crippen LogP) is 2.01. The van der Waals surface area contributed by atoms with Crippen molar-refractivity contribution in [3.05, 3.63) is 35.1 Å². The highest BCUT2D eigenvalue weighted by Gasteiger charge is 2.20. The van der Waals surface area contributed by atoms with E-state index in [1.807, 2.05) is 20.8 Å². The van der Waals surface area contributed by atoms with E-state index >= 15 is 0 Å². The molecule has 0 aliphatic rings. The minimum atomic E-state index is -0.548. The molecule has 19 heavy (non-hydrogen) atoms. The fourth-order valence-electron chi connectivity index (χ4n) is 1.82. The number of halogens is 1. The number of carbonyl (C=O) groups excluding carboxylic acids is 1. The van der Waals surface area contributed by atoms with Gasteiger partial charge in [-0.2, -0.15) is 0 Å². The number of hydrogen-bond acceptors (Lipinski definition) is 2. The van der Waals surface area contributed by atoms with Gasteiger partial charge in [0.1, 0.15) is 5.82 Å². The van der Waals surface area contributed by atoms with Gasteiger partial charge in [-0.05, 0) is 39.0 Å². The lowest BCUT2D eigenvalue weighted by Gasteiger charge is -2.25. The number of benzene rings is 1. The van der Waals surface area contributed by atoms with Crippen molar-refractivity contribution in [1.82, 2.24) is 4.90 Å². The summed E-state index contributed by atoms with van der Waals surface area (Å²) in [4.78, 5) is 13.8. The number of amides is 1. The third-order valence-electron chi connectivity index (χ3n) is 2.76. The Balaban J connectivity index is 3.05. The van der Waals surface area contributed by atoms with Gasteiger partial charge in [0.05, 0.1) is 12.1 Å². The van der Waals surface area contributed by atoms with Crippen molar-refractivity contribution in [2.45, 2.75) is 26.8 Å². The number of rotatable bonds is 3. The average Bonchev–Trinajstić information content (AvgIpc) is 2.36. The van der Waals surface area contributed by atoms with Gasteiger partial charge >= 0.3 is 0 Å². The van der Waals surface area contributed by atoms with E-state index in [-0.39, 0.29) is 24.1 Å². The summed E-state index contributed by atoms with van der Waals surface area (Å²) >= 11 is 0. The molecule has 1 rings (SSSR count). The van der Waals surface area contributed by atoms with E-state index in [0.717, 1.165) is 0 Å². The molecule has 0 heterocycles. The molecule has 0 aliphatic carbocycles. The lowest BCUT2D eigenvalue weighted by atomic mass is 10.1. The first kappa shape index (κ1) is 15.2. The molecule has 0 aromatic heterocycles. The Morgan fingerprint density at radius 3 is 2.63 bits per heavy atom. The topological polar surface area (TPSA) is 46.3 Å². The summed E-state index contributed by atoms with van der Waals surface area (Å²) in [6, 6.07) is 4.41. The maximum absolute atomic E-state index is 13.9. The molecule has 0 atom stereocenters. The van der Waals surface area contributed by atoms with Crippen molar-refractivity contribution in [3.63, 3.8) is 0 Å². The van der Waals surface area contributed by atoms with Crippen LogP contribution in [-0.4, -0.2) is 29.9 Å². The van der Waals surface area contributed by atoms with Gasteiger partial charge in [-0.3, -0.25) is 4.79 Å². The summed E-state index contributed by atoms with van der Waals surface area (Å²) in [5.74, 6) is 4.54. The fourth-order valence-corrected chi connectivity index (χ4v) is 1.82. The van der Waals surface area contributed by atoms with Gasteiger partial charge < -0.3 is 10.6 Å². The molecule has 0 unspecified atom stereocenters. The fraction of sp³-hybridized carbons (Fsp3) is 0.400. The summed E-state index contributed by atoms with van der Waals surface area (Å²) in [5, 5.41) is 0. The Morgan fingerprint density at radius 2 is 2.16 bits per heavy atom. The molecule has 4 heteroatoms. The summed E-state index contributed by atoms with van der Waals surface area (Å²) in [6.45, 7) is 6.45. The molecule has 0 bridgehead atoms. The highest BCUT2D eigenvalue weighted by molar-refractivity contribution is 5.94. The van der Waals surface area contributed by atoms with Crippen LogP contribution in [-0.2, 0) is 0 Å². The quantitative estimate of drug-likeness (QED) is 0.847. The zero-order valence-electron chi connectivity index (χ0n) is 11.5. The molecular weight excluding hydrogens is 243 g/mol. The van der Waals surface area contributed by atoms with E-state index in [2.05, 4.69) is 11.8 Å². The molecule has 0 aliphatic heterocycles. The van der Waals surface area contributed by atoms with Crippen LogP contribution in [0.5, 0.6) is 0 Å². The van der Waals surface area contributed by atoms with Crippen LogP contribution in [0.4, 0.5) is 4.39 Å². The monoisotopic (exact) mass is 262 g/mol. The third kappa shape index (κ3) is 3.80. The van der Waals surface area contributed by atoms with Crippen LogP contribution in [0.1, 0.15) is 36.7 Å². The smallest absolute Gasteiger partial charge is 0.257 e. The summed E-state index contributed by atoms with van der Waals surface area (Å²) in [5.41, 5.74) is 5.85. The number of nitrogens with two attached hydrogens (primary N) is 1. The average molecular weight is 262 g/mol. The molecule has 0 fully saturated rings. The predicted molar refractivity (Wildman–Crippen MR) is 74.2 cm³/mol. The molecule has 0 saturated heterocycles. The van der Waals surface area contributed by atoms with E-state index in [1.165, 1.54) is 12.1 Å². The zero-order chi connectivity index (χ0) is 14.4. The Labute approximate surface area is 113 Å². The minimum absolute atomic E-state index is 0.0357. The van der Waals surface area contributed by atoms with Gasteiger partial charge in [-0.1, -0.05) is 11.8 Å². The van der Waals surface area contributed by atoms with Gasteiger partial charge in [-0.25, -0.2) is 4.39 Å². The van der Waals surface area contributed by atoms with Crippen molar-refractivity contribution in [1.29, 1.82) is 0 Å². The molecule has 1 aromatic carbocycles. The molecule has 2 N–H and O–H groups in total. The van der Waals surface area contributed by atoms with Crippen LogP contribution in [0.3, 0.4) is 0 Å². The molecule has 1 aromatic rings. The highest BCUT2D eigenvalue weighted by Crippen LogP contribution is 2.14. The highest BCUT2D eigenvalue weighted by atomic mass is 19.1. The number of carbonyl (C=O) groups is 1. The molecule has 0 radical (unpaired) electrons. The molecule has 102 valence electrons. The number of nitrogens with zero attached hydrogens (tertiary/aromatic N) is 1. The minimum Gasteiger partial charge on any atom is -0.336 e. The largest absolute Gasteiger partial charge is 0.336 e. The van der Waals surface area contributed by atoms with Crippen molar-refractivity contribution >= 4 is 5.91 Å². The van der Waals surface area contributed by atoms with E-state index in [4.69, 9.17) is 5.73 Å². The Hall–Kier alpha value is -1.86. The van der Waals surface area contributed by atoms with Gasteiger partial charge in [0.25, 0.3) is 5.91 Å². The second-order valence-corrected chi connectivity index (χ2v) is 4.39. The van der Waals surface area contributed by atoms with Crippen LogP contribution in [0.2, 0.25) is 0 Å². The van der Waals surface area contributed by atoms with Gasteiger partial charge in [0.2, 0.25) is 0 Å². The van der Waals surface area contributed by atoms with E-state index < -0.39 is 5.82 Å². The SMILES string of the molecule is CCN(C(=O)c1ccc(C#CCN)cc1F)C(C)C. The van der Waals surface area contributed by atoms with Crippen molar-refractivity contribution in [2.75, 3.05) is 13.1 Å². The number of hydrogen-bond donors (Lipinski definition) is 1. The van der Waals surface area contributed by atoms with Crippen LogP contribution >= 0.6 is 0 Å². The second kappa shape index (κ2) is 6.91. The van der Waals surface area contributed by atoms with Gasteiger partial charge in [-0.15, -0.1) is 0 Å². The lowest BCUT2D eigenvalue weighted by molar-refractivity contribution is 0.0712. The first-order valence-electron chi connectivity index (χ1n) is 6.30. The molecule has 3 nitrogen and oxygen atoms in total. The van der Waals surface area contributed by atoms with Crippen LogP contribution in [0.15, 0.2) is 18.2 Å². The van der Waals surface area contributed by atoms with Crippen LogP contribution < -0.4 is 5.73 Å². The summed E-state index contributed by atoms with van der Waals surface area (Å²) in [6.07, 6.45) is 0. The standard InChI is InChI=1S/C15H19FN2O/c1-4-18(11(2)3)15(19)13-8-7-12(6-5-9-17)10-14(13)16/h7-8,10-11H,4,9,17H2,1-3H3. The van der Waals surface area contributed by atoms with Crippen molar-refractivity contribution < 1.29 is 9.18 Å². The van der Waals surface area contributed by atoms with Crippen molar-refractivity contribution in [2.24, 2.45) is 5.73 Å². The Bertz CT molecular complexity index is 515. The first-order chi connectivity index (χ1) is 9.01.